The van der Waals surface area contributed by atoms with E-state index in [9.17, 15) is 0 Å². The van der Waals surface area contributed by atoms with E-state index in [4.69, 9.17) is 23.2 Å². The van der Waals surface area contributed by atoms with E-state index in [2.05, 4.69) is 12.2 Å². The lowest BCUT2D eigenvalue weighted by molar-refractivity contribution is 0.549. The number of rotatable bonds is 4. The molecule has 1 aromatic rings. The summed E-state index contributed by atoms with van der Waals surface area (Å²) in [6, 6.07) is 5.98. The average molecular weight is 244 g/mol. The van der Waals surface area contributed by atoms with Gasteiger partial charge in [-0.05, 0) is 49.9 Å². The topological polar surface area (TPSA) is 12.0 Å². The number of benzene rings is 1. The molecule has 0 heterocycles. The van der Waals surface area contributed by atoms with Gasteiger partial charge in [-0.3, -0.25) is 0 Å². The Bertz CT molecular complexity index is 347. The zero-order valence-corrected chi connectivity index (χ0v) is 10.3. The standard InChI is InChI=1S/C12H15Cl2N/c1-8(15-7-9-2-3-9)11-5-4-10(13)6-12(11)14/h4-6,8-9,15H,2-3,7H2,1H3/t8-/m0/s1. The Hall–Kier alpha value is -0.240. The summed E-state index contributed by atoms with van der Waals surface area (Å²) in [6.45, 7) is 3.23. The lowest BCUT2D eigenvalue weighted by atomic mass is 10.1. The fraction of sp³-hybridized carbons (Fsp3) is 0.500. The molecule has 1 aliphatic rings. The van der Waals surface area contributed by atoms with Gasteiger partial charge in [-0.25, -0.2) is 0 Å². The van der Waals surface area contributed by atoms with Gasteiger partial charge in [0, 0.05) is 16.1 Å². The van der Waals surface area contributed by atoms with Crippen LogP contribution in [0.4, 0.5) is 0 Å². The summed E-state index contributed by atoms with van der Waals surface area (Å²) in [7, 11) is 0. The van der Waals surface area contributed by atoms with Crippen LogP contribution in [0.2, 0.25) is 10.0 Å². The summed E-state index contributed by atoms with van der Waals surface area (Å²) < 4.78 is 0. The van der Waals surface area contributed by atoms with Gasteiger partial charge in [0.2, 0.25) is 0 Å². The van der Waals surface area contributed by atoms with Gasteiger partial charge in [-0.15, -0.1) is 0 Å². The molecule has 0 saturated heterocycles. The van der Waals surface area contributed by atoms with Gasteiger partial charge in [-0.1, -0.05) is 29.3 Å². The quantitative estimate of drug-likeness (QED) is 0.842. The third kappa shape index (κ3) is 3.10. The van der Waals surface area contributed by atoms with Crippen molar-refractivity contribution in [2.24, 2.45) is 5.92 Å². The molecule has 1 nitrogen and oxygen atoms in total. The van der Waals surface area contributed by atoms with E-state index in [1.54, 1.807) is 6.07 Å². The Labute approximate surface area is 101 Å². The molecule has 0 aliphatic heterocycles. The van der Waals surface area contributed by atoms with Crippen molar-refractivity contribution in [1.29, 1.82) is 0 Å². The lowest BCUT2D eigenvalue weighted by Crippen LogP contribution is -2.21. The normalized spacial score (nSPS) is 17.8. The van der Waals surface area contributed by atoms with Crippen LogP contribution in [0.5, 0.6) is 0 Å². The number of hydrogen-bond acceptors (Lipinski definition) is 1. The molecule has 0 amide bonds. The van der Waals surface area contributed by atoms with Crippen molar-refractivity contribution < 1.29 is 0 Å². The van der Waals surface area contributed by atoms with Crippen LogP contribution < -0.4 is 5.32 Å². The first-order chi connectivity index (χ1) is 7.16. The molecule has 0 radical (unpaired) electrons. The van der Waals surface area contributed by atoms with Crippen LogP contribution in [0, 0.1) is 5.92 Å². The maximum atomic E-state index is 6.13. The van der Waals surface area contributed by atoms with Crippen molar-refractivity contribution in [3.8, 4) is 0 Å². The third-order valence-electron chi connectivity index (χ3n) is 2.84. The summed E-state index contributed by atoms with van der Waals surface area (Å²) in [5, 5.41) is 4.93. The second-order valence-electron chi connectivity index (χ2n) is 4.24. The van der Waals surface area contributed by atoms with Gasteiger partial charge in [-0.2, -0.15) is 0 Å². The van der Waals surface area contributed by atoms with E-state index < -0.39 is 0 Å². The molecular weight excluding hydrogens is 229 g/mol. The Morgan fingerprint density at radius 2 is 2.13 bits per heavy atom. The molecule has 1 N–H and O–H groups in total. The first kappa shape index (κ1) is 11.3. The van der Waals surface area contributed by atoms with Crippen LogP contribution in [0.3, 0.4) is 0 Å². The van der Waals surface area contributed by atoms with E-state index in [1.807, 2.05) is 12.1 Å². The zero-order valence-electron chi connectivity index (χ0n) is 8.76. The van der Waals surface area contributed by atoms with Crippen LogP contribution in [0.1, 0.15) is 31.4 Å². The Morgan fingerprint density at radius 1 is 1.40 bits per heavy atom. The predicted molar refractivity (Wildman–Crippen MR) is 65.6 cm³/mol. The molecule has 0 spiro atoms. The van der Waals surface area contributed by atoms with Crippen LogP contribution in [-0.2, 0) is 0 Å². The summed E-state index contributed by atoms with van der Waals surface area (Å²) in [5.74, 6) is 0.888. The highest BCUT2D eigenvalue weighted by molar-refractivity contribution is 6.35. The molecule has 0 bridgehead atoms. The molecule has 3 heteroatoms. The van der Waals surface area contributed by atoms with Gasteiger partial charge < -0.3 is 5.32 Å². The summed E-state index contributed by atoms with van der Waals surface area (Å²) in [4.78, 5) is 0. The maximum Gasteiger partial charge on any atom is 0.0468 e. The summed E-state index contributed by atoms with van der Waals surface area (Å²) >= 11 is 12.0. The average Bonchev–Trinajstić information content (AvgIpc) is 2.97. The van der Waals surface area contributed by atoms with Crippen LogP contribution in [-0.4, -0.2) is 6.54 Å². The molecule has 2 rings (SSSR count). The highest BCUT2D eigenvalue weighted by atomic mass is 35.5. The predicted octanol–water partition coefficient (Wildman–Crippen LogP) is 4.05. The first-order valence-electron chi connectivity index (χ1n) is 5.35. The number of nitrogens with one attached hydrogen (secondary N) is 1. The van der Waals surface area contributed by atoms with Crippen molar-refractivity contribution >= 4 is 23.2 Å². The van der Waals surface area contributed by atoms with Crippen molar-refractivity contribution in [2.45, 2.75) is 25.8 Å². The molecule has 0 aromatic heterocycles. The number of hydrogen-bond donors (Lipinski definition) is 1. The highest BCUT2D eigenvalue weighted by Crippen LogP contribution is 2.30. The second-order valence-corrected chi connectivity index (χ2v) is 5.08. The fourth-order valence-electron chi connectivity index (χ4n) is 1.63. The Balaban J connectivity index is 1.99. The van der Waals surface area contributed by atoms with E-state index in [0.717, 1.165) is 23.0 Å². The molecule has 82 valence electrons. The Kier molecular flexibility index (Phi) is 3.55. The largest absolute Gasteiger partial charge is 0.310 e. The van der Waals surface area contributed by atoms with Gasteiger partial charge in [0.05, 0.1) is 0 Å². The molecule has 1 atom stereocenters. The maximum absolute atomic E-state index is 6.13. The third-order valence-corrected chi connectivity index (χ3v) is 3.40. The smallest absolute Gasteiger partial charge is 0.0468 e. The fourth-order valence-corrected chi connectivity index (χ4v) is 2.20. The molecule has 1 fully saturated rings. The molecule has 1 aliphatic carbocycles. The SMILES string of the molecule is C[C@H](NCC1CC1)c1ccc(Cl)cc1Cl. The van der Waals surface area contributed by atoms with Crippen LogP contribution in [0.15, 0.2) is 18.2 Å². The van der Waals surface area contributed by atoms with Gasteiger partial charge >= 0.3 is 0 Å². The van der Waals surface area contributed by atoms with Crippen LogP contribution in [0.25, 0.3) is 0 Å². The molecule has 1 aromatic carbocycles. The minimum absolute atomic E-state index is 0.301. The second kappa shape index (κ2) is 4.73. The van der Waals surface area contributed by atoms with Crippen molar-refractivity contribution in [2.75, 3.05) is 6.54 Å². The molecule has 1 saturated carbocycles. The summed E-state index contributed by atoms with van der Waals surface area (Å²) in [5.41, 5.74) is 1.13. The molecule has 15 heavy (non-hydrogen) atoms. The Morgan fingerprint density at radius 3 is 2.73 bits per heavy atom. The van der Waals surface area contributed by atoms with Crippen molar-refractivity contribution in [3.63, 3.8) is 0 Å². The summed E-state index contributed by atoms with van der Waals surface area (Å²) in [6.07, 6.45) is 2.74. The van der Waals surface area contributed by atoms with Crippen LogP contribution >= 0.6 is 23.2 Å². The van der Waals surface area contributed by atoms with E-state index in [0.29, 0.717) is 11.1 Å². The van der Waals surface area contributed by atoms with Crippen molar-refractivity contribution in [3.05, 3.63) is 33.8 Å². The lowest BCUT2D eigenvalue weighted by Gasteiger charge is -2.15. The minimum Gasteiger partial charge on any atom is -0.310 e. The van der Waals surface area contributed by atoms with E-state index in [1.165, 1.54) is 12.8 Å². The monoisotopic (exact) mass is 243 g/mol. The zero-order chi connectivity index (χ0) is 10.8. The van der Waals surface area contributed by atoms with Gasteiger partial charge in [0.25, 0.3) is 0 Å². The van der Waals surface area contributed by atoms with Gasteiger partial charge in [0.15, 0.2) is 0 Å². The minimum atomic E-state index is 0.301. The van der Waals surface area contributed by atoms with E-state index >= 15 is 0 Å². The van der Waals surface area contributed by atoms with Gasteiger partial charge in [0.1, 0.15) is 0 Å². The molecule has 0 unspecified atom stereocenters. The highest BCUT2D eigenvalue weighted by Gasteiger charge is 2.21. The molecular formula is C12H15Cl2N. The van der Waals surface area contributed by atoms with E-state index in [-0.39, 0.29) is 0 Å². The first-order valence-corrected chi connectivity index (χ1v) is 6.10. The van der Waals surface area contributed by atoms with Crippen molar-refractivity contribution in [1.82, 2.24) is 5.32 Å². The number of halogens is 2.